The van der Waals surface area contributed by atoms with Crippen LogP contribution in [0.2, 0.25) is 0 Å². The topological polar surface area (TPSA) is 99.0 Å². The number of benzene rings is 2. The van der Waals surface area contributed by atoms with Gasteiger partial charge in [-0.3, -0.25) is 4.79 Å². The number of esters is 1. The molecule has 1 N–H and O–H groups in total. The van der Waals surface area contributed by atoms with E-state index in [0.29, 0.717) is 17.9 Å². The average Bonchev–Trinajstić information content (AvgIpc) is 3.22. The van der Waals surface area contributed by atoms with Crippen molar-refractivity contribution >= 4 is 17.6 Å². The summed E-state index contributed by atoms with van der Waals surface area (Å²) in [6.07, 6.45) is 2.15. The molecule has 1 amide bonds. The van der Waals surface area contributed by atoms with Crippen LogP contribution in [-0.4, -0.2) is 38.7 Å². The van der Waals surface area contributed by atoms with E-state index in [0.717, 1.165) is 12.0 Å². The van der Waals surface area contributed by atoms with Gasteiger partial charge in [0.05, 0.1) is 12.2 Å². The van der Waals surface area contributed by atoms with Crippen LogP contribution < -0.4 is 5.32 Å². The van der Waals surface area contributed by atoms with Gasteiger partial charge in [0.2, 0.25) is 0 Å². The van der Waals surface area contributed by atoms with Crippen molar-refractivity contribution in [2.45, 2.75) is 19.4 Å². The minimum absolute atomic E-state index is 0.296. The van der Waals surface area contributed by atoms with Crippen LogP contribution in [0.3, 0.4) is 0 Å². The van der Waals surface area contributed by atoms with E-state index < -0.39 is 6.04 Å². The molecule has 1 aromatic heterocycles. The molecule has 27 heavy (non-hydrogen) atoms. The highest BCUT2D eigenvalue weighted by Gasteiger charge is 2.24. The fraction of sp³-hybridized carbons (Fsp3) is 0.211. The first-order valence-corrected chi connectivity index (χ1v) is 8.54. The molecule has 8 heteroatoms. The summed E-state index contributed by atoms with van der Waals surface area (Å²) in [5.41, 5.74) is 1.74. The summed E-state index contributed by atoms with van der Waals surface area (Å²) in [4.78, 5) is 24.7. The summed E-state index contributed by atoms with van der Waals surface area (Å²) >= 11 is 0. The van der Waals surface area contributed by atoms with Crippen molar-refractivity contribution in [3.8, 4) is 0 Å². The van der Waals surface area contributed by atoms with Gasteiger partial charge in [0.15, 0.2) is 6.04 Å². The summed E-state index contributed by atoms with van der Waals surface area (Å²) in [6.45, 7) is 2.31. The maximum absolute atomic E-state index is 12.9. The van der Waals surface area contributed by atoms with Crippen molar-refractivity contribution in [3.63, 3.8) is 0 Å². The predicted molar refractivity (Wildman–Crippen MR) is 98.0 cm³/mol. The molecular formula is C19H19N5O3. The minimum Gasteiger partial charge on any atom is -0.462 e. The van der Waals surface area contributed by atoms with Gasteiger partial charge in [0.1, 0.15) is 6.33 Å². The molecule has 2 aromatic carbocycles. The van der Waals surface area contributed by atoms with E-state index >= 15 is 0 Å². The highest BCUT2D eigenvalue weighted by atomic mass is 16.5. The number of carbonyl (C=O) groups is 2. The fourth-order valence-electron chi connectivity index (χ4n) is 2.52. The lowest BCUT2D eigenvalue weighted by Gasteiger charge is -2.16. The molecule has 0 radical (unpaired) electrons. The van der Waals surface area contributed by atoms with Crippen molar-refractivity contribution in [3.05, 3.63) is 72.1 Å². The van der Waals surface area contributed by atoms with Gasteiger partial charge in [0, 0.05) is 5.69 Å². The monoisotopic (exact) mass is 365 g/mol. The Balaban J connectivity index is 1.75. The van der Waals surface area contributed by atoms with E-state index in [1.807, 2.05) is 37.3 Å². The molecular weight excluding hydrogens is 346 g/mol. The Hall–Kier alpha value is -3.55. The van der Waals surface area contributed by atoms with E-state index in [4.69, 9.17) is 4.74 Å². The van der Waals surface area contributed by atoms with Crippen molar-refractivity contribution in [1.29, 1.82) is 0 Å². The Labute approximate surface area is 156 Å². The first-order valence-electron chi connectivity index (χ1n) is 8.54. The summed E-state index contributed by atoms with van der Waals surface area (Å²) in [7, 11) is 0. The van der Waals surface area contributed by atoms with Crippen LogP contribution in [0.5, 0.6) is 0 Å². The zero-order valence-corrected chi connectivity index (χ0v) is 14.8. The number of rotatable bonds is 7. The van der Waals surface area contributed by atoms with Crippen LogP contribution >= 0.6 is 0 Å². The lowest BCUT2D eigenvalue weighted by Crippen LogP contribution is -2.27. The van der Waals surface area contributed by atoms with Crippen LogP contribution in [-0.2, 0) is 9.53 Å². The normalized spacial score (nSPS) is 11.6. The third-order valence-electron chi connectivity index (χ3n) is 3.82. The Morgan fingerprint density at radius 2 is 1.85 bits per heavy atom. The molecule has 0 saturated heterocycles. The number of amides is 1. The largest absolute Gasteiger partial charge is 0.462 e. The fourth-order valence-corrected chi connectivity index (χ4v) is 2.52. The molecule has 0 aliphatic rings. The number of hydrogen-bond acceptors (Lipinski definition) is 6. The third kappa shape index (κ3) is 4.55. The lowest BCUT2D eigenvalue weighted by atomic mass is 10.1. The van der Waals surface area contributed by atoms with Gasteiger partial charge in [-0.1, -0.05) is 37.3 Å². The van der Waals surface area contributed by atoms with Gasteiger partial charge in [0.25, 0.3) is 5.91 Å². The first-order chi connectivity index (χ1) is 13.2. The van der Waals surface area contributed by atoms with Gasteiger partial charge in [-0.2, -0.15) is 0 Å². The molecule has 1 atom stereocenters. The van der Waals surface area contributed by atoms with Gasteiger partial charge < -0.3 is 10.1 Å². The van der Waals surface area contributed by atoms with E-state index in [-0.39, 0.29) is 11.9 Å². The maximum Gasteiger partial charge on any atom is 0.338 e. The van der Waals surface area contributed by atoms with E-state index in [1.165, 1.54) is 11.0 Å². The molecule has 0 aliphatic carbocycles. The number of hydrogen-bond donors (Lipinski definition) is 1. The minimum atomic E-state index is -0.713. The van der Waals surface area contributed by atoms with E-state index in [1.54, 1.807) is 24.3 Å². The SMILES string of the molecule is CCCOC(=O)c1ccc(NC(=O)C(c2ccccc2)n2cnnn2)cc1. The number of aromatic nitrogens is 4. The zero-order valence-electron chi connectivity index (χ0n) is 14.8. The van der Waals surface area contributed by atoms with Gasteiger partial charge >= 0.3 is 5.97 Å². The average molecular weight is 365 g/mol. The van der Waals surface area contributed by atoms with Crippen LogP contribution in [0, 0.1) is 0 Å². The second kappa shape index (κ2) is 8.70. The summed E-state index contributed by atoms with van der Waals surface area (Å²) in [6, 6.07) is 15.0. The molecule has 0 fully saturated rings. The Kier molecular flexibility index (Phi) is 5.88. The zero-order chi connectivity index (χ0) is 19.1. The van der Waals surface area contributed by atoms with Crippen LogP contribution in [0.1, 0.15) is 35.3 Å². The molecule has 3 aromatic rings. The number of carbonyl (C=O) groups excluding carboxylic acids is 2. The van der Waals surface area contributed by atoms with Gasteiger partial charge in [-0.15, -0.1) is 5.10 Å². The van der Waals surface area contributed by atoms with Crippen molar-refractivity contribution in [2.75, 3.05) is 11.9 Å². The maximum atomic E-state index is 12.9. The lowest BCUT2D eigenvalue weighted by molar-refractivity contribution is -0.118. The molecule has 1 heterocycles. The molecule has 0 aliphatic heterocycles. The van der Waals surface area contributed by atoms with Crippen molar-refractivity contribution in [1.82, 2.24) is 20.2 Å². The quantitative estimate of drug-likeness (QED) is 0.646. The van der Waals surface area contributed by atoms with E-state index in [2.05, 4.69) is 20.8 Å². The molecule has 1 unspecified atom stereocenters. The second-order valence-corrected chi connectivity index (χ2v) is 5.81. The van der Waals surface area contributed by atoms with Crippen LogP contribution in [0.4, 0.5) is 5.69 Å². The Bertz CT molecular complexity index is 879. The summed E-state index contributed by atoms with van der Waals surface area (Å²) < 4.78 is 6.48. The molecule has 0 spiro atoms. The molecule has 3 rings (SSSR count). The third-order valence-corrected chi connectivity index (χ3v) is 3.82. The van der Waals surface area contributed by atoms with Gasteiger partial charge in [-0.25, -0.2) is 9.48 Å². The number of tetrazole rings is 1. The molecule has 138 valence electrons. The number of anilines is 1. The highest BCUT2D eigenvalue weighted by molar-refractivity contribution is 5.96. The predicted octanol–water partition coefficient (Wildman–Crippen LogP) is 2.47. The first kappa shape index (κ1) is 18.2. The number of nitrogens with zero attached hydrogens (tertiary/aromatic N) is 4. The summed E-state index contributed by atoms with van der Waals surface area (Å²) in [5, 5.41) is 13.9. The van der Waals surface area contributed by atoms with E-state index in [9.17, 15) is 9.59 Å². The highest BCUT2D eigenvalue weighted by Crippen LogP contribution is 2.20. The van der Waals surface area contributed by atoms with Gasteiger partial charge in [-0.05, 0) is 46.7 Å². The standard InChI is InChI=1S/C19H19N5O3/c1-2-12-27-19(26)15-8-10-16(11-9-15)21-18(25)17(24-13-20-22-23-24)14-6-4-3-5-7-14/h3-11,13,17H,2,12H2,1H3,(H,21,25). The number of nitrogens with one attached hydrogen (secondary N) is 1. The summed E-state index contributed by atoms with van der Waals surface area (Å²) in [5.74, 6) is -0.680. The molecule has 8 nitrogen and oxygen atoms in total. The van der Waals surface area contributed by atoms with Crippen molar-refractivity contribution < 1.29 is 14.3 Å². The molecule has 0 bridgehead atoms. The van der Waals surface area contributed by atoms with Crippen LogP contribution in [0.15, 0.2) is 60.9 Å². The van der Waals surface area contributed by atoms with Crippen LogP contribution in [0.25, 0.3) is 0 Å². The Morgan fingerprint density at radius 3 is 2.48 bits per heavy atom. The molecule has 0 saturated carbocycles. The smallest absolute Gasteiger partial charge is 0.338 e. The van der Waals surface area contributed by atoms with Crippen molar-refractivity contribution in [2.24, 2.45) is 0 Å². The Morgan fingerprint density at radius 1 is 1.11 bits per heavy atom. The second-order valence-electron chi connectivity index (χ2n) is 5.81. The number of ether oxygens (including phenoxy) is 1.